The molecule has 10 heteroatoms. The number of ether oxygens (including phenoxy) is 2. The second-order valence-electron chi connectivity index (χ2n) is 18.1. The van der Waals surface area contributed by atoms with E-state index in [9.17, 15) is 19.0 Å². The Bertz CT molecular complexity index is 1200. The lowest BCUT2D eigenvalue weighted by molar-refractivity contribution is -0.161. The summed E-state index contributed by atoms with van der Waals surface area (Å²) in [4.78, 5) is 35.1. The minimum Gasteiger partial charge on any atom is -0.462 e. The number of phosphoric ester groups is 1. The molecule has 380 valence electrons. The quantitative estimate of drug-likeness (QED) is 0.0265. The number of unbranched alkanes of at least 4 members (excludes halogenated alkanes) is 30. The summed E-state index contributed by atoms with van der Waals surface area (Å²) in [6, 6.07) is 0. The molecule has 65 heavy (non-hydrogen) atoms. The van der Waals surface area contributed by atoms with Gasteiger partial charge < -0.3 is 20.1 Å². The van der Waals surface area contributed by atoms with E-state index < -0.39 is 26.5 Å². The van der Waals surface area contributed by atoms with Gasteiger partial charge in [-0.25, -0.2) is 4.57 Å². The molecule has 0 saturated carbocycles. The van der Waals surface area contributed by atoms with E-state index in [0.29, 0.717) is 6.42 Å². The number of allylic oxidation sites excluding steroid dienone is 8. The zero-order valence-corrected chi connectivity index (χ0v) is 43.1. The van der Waals surface area contributed by atoms with Crippen LogP contribution in [-0.2, 0) is 32.7 Å². The normalized spacial score (nSPS) is 13.5. The second kappa shape index (κ2) is 51.4. The molecule has 0 rings (SSSR count). The lowest BCUT2D eigenvalue weighted by Gasteiger charge is -2.19. The van der Waals surface area contributed by atoms with E-state index in [1.165, 1.54) is 161 Å². The van der Waals surface area contributed by atoms with Crippen molar-refractivity contribution in [1.29, 1.82) is 0 Å². The number of rotatable bonds is 51. The highest BCUT2D eigenvalue weighted by atomic mass is 31.2. The van der Waals surface area contributed by atoms with Crippen LogP contribution in [0.15, 0.2) is 48.6 Å². The van der Waals surface area contributed by atoms with Crippen molar-refractivity contribution >= 4 is 19.8 Å². The molecule has 0 fully saturated rings. The number of carbonyl (C=O) groups is 2. The Hall–Kier alpha value is -2.03. The van der Waals surface area contributed by atoms with Crippen molar-refractivity contribution < 1.29 is 37.6 Å². The summed E-state index contributed by atoms with van der Waals surface area (Å²) in [7, 11) is -4.39. The third kappa shape index (κ3) is 51.2. The van der Waals surface area contributed by atoms with Crippen LogP contribution in [0.2, 0.25) is 0 Å². The standard InChI is InChI=1S/C55H102NO8P/c1-3-5-7-9-11-13-15-17-19-21-22-23-24-25-26-27-28-29-30-32-33-35-37-39-41-43-45-47-54(57)61-51-53(52-63-65(59,60)62-50-49-56)64-55(58)48-46-44-42-40-38-36-34-31-20-18-16-14-12-10-8-6-4-2/h6,8,12,14,18,20-22,53H,3-5,7,9-11,13,15-17,19,23-52,56H2,1-2H3,(H,59,60)/b8-6-,14-12-,20-18-,22-21-. The summed E-state index contributed by atoms with van der Waals surface area (Å²) in [6.07, 6.45) is 61.6. The first-order valence-corrected chi connectivity index (χ1v) is 28.6. The van der Waals surface area contributed by atoms with Crippen molar-refractivity contribution in [3.63, 3.8) is 0 Å². The van der Waals surface area contributed by atoms with E-state index in [4.69, 9.17) is 24.3 Å². The van der Waals surface area contributed by atoms with Crippen molar-refractivity contribution in [2.45, 2.75) is 264 Å². The summed E-state index contributed by atoms with van der Waals surface area (Å²) in [6.45, 7) is 3.64. The summed E-state index contributed by atoms with van der Waals surface area (Å²) in [5.74, 6) is -0.832. The highest BCUT2D eigenvalue weighted by Crippen LogP contribution is 2.43. The largest absolute Gasteiger partial charge is 0.472 e. The van der Waals surface area contributed by atoms with E-state index in [1.807, 2.05) is 0 Å². The minimum atomic E-state index is -4.39. The Labute approximate surface area is 400 Å². The fraction of sp³-hybridized carbons (Fsp3) is 0.818. The molecule has 2 unspecified atom stereocenters. The molecule has 0 aliphatic carbocycles. The van der Waals surface area contributed by atoms with Crippen LogP contribution in [0.3, 0.4) is 0 Å². The van der Waals surface area contributed by atoms with Crippen LogP contribution in [-0.4, -0.2) is 49.3 Å². The summed E-state index contributed by atoms with van der Waals surface area (Å²) in [5.41, 5.74) is 5.37. The molecule has 0 radical (unpaired) electrons. The van der Waals surface area contributed by atoms with E-state index in [-0.39, 0.29) is 38.6 Å². The molecule has 0 spiro atoms. The van der Waals surface area contributed by atoms with Crippen LogP contribution >= 0.6 is 7.82 Å². The van der Waals surface area contributed by atoms with Crippen LogP contribution in [0.25, 0.3) is 0 Å². The molecule has 0 saturated heterocycles. The average molecular weight is 936 g/mol. The Morgan fingerprint density at radius 2 is 0.846 bits per heavy atom. The molecule has 2 atom stereocenters. The van der Waals surface area contributed by atoms with E-state index in [2.05, 4.69) is 62.5 Å². The van der Waals surface area contributed by atoms with Gasteiger partial charge in [0.25, 0.3) is 0 Å². The van der Waals surface area contributed by atoms with Gasteiger partial charge in [-0.1, -0.05) is 223 Å². The molecular formula is C55H102NO8P. The minimum absolute atomic E-state index is 0.0511. The van der Waals surface area contributed by atoms with Gasteiger partial charge in [-0.15, -0.1) is 0 Å². The van der Waals surface area contributed by atoms with Gasteiger partial charge in [-0.05, 0) is 70.6 Å². The lowest BCUT2D eigenvalue weighted by Crippen LogP contribution is -2.29. The molecule has 9 nitrogen and oxygen atoms in total. The Kier molecular flexibility index (Phi) is 49.8. The molecule has 0 aromatic carbocycles. The highest BCUT2D eigenvalue weighted by Gasteiger charge is 2.26. The number of phosphoric acid groups is 1. The maximum Gasteiger partial charge on any atom is 0.472 e. The molecular weight excluding hydrogens is 834 g/mol. The van der Waals surface area contributed by atoms with Gasteiger partial charge in [0.15, 0.2) is 6.10 Å². The predicted molar refractivity (Wildman–Crippen MR) is 275 cm³/mol. The van der Waals surface area contributed by atoms with Gasteiger partial charge in [0, 0.05) is 19.4 Å². The average Bonchev–Trinajstić information content (AvgIpc) is 3.30. The molecule has 0 aromatic heterocycles. The van der Waals surface area contributed by atoms with Gasteiger partial charge in [0.2, 0.25) is 0 Å². The maximum absolute atomic E-state index is 12.6. The summed E-state index contributed by atoms with van der Waals surface area (Å²) >= 11 is 0. The van der Waals surface area contributed by atoms with Gasteiger partial charge in [0.05, 0.1) is 13.2 Å². The van der Waals surface area contributed by atoms with Crippen LogP contribution < -0.4 is 5.73 Å². The van der Waals surface area contributed by atoms with Crippen LogP contribution in [0.4, 0.5) is 0 Å². The Balaban J connectivity index is 3.95. The van der Waals surface area contributed by atoms with Gasteiger partial charge in [-0.3, -0.25) is 18.6 Å². The third-order valence-corrected chi connectivity index (χ3v) is 12.7. The molecule has 0 aliphatic rings. The fourth-order valence-corrected chi connectivity index (χ4v) is 8.47. The summed E-state index contributed by atoms with van der Waals surface area (Å²) < 4.78 is 33.0. The number of hydrogen-bond acceptors (Lipinski definition) is 8. The second-order valence-corrected chi connectivity index (χ2v) is 19.5. The Morgan fingerprint density at radius 3 is 1.28 bits per heavy atom. The van der Waals surface area contributed by atoms with Crippen molar-refractivity contribution in [3.05, 3.63) is 48.6 Å². The SMILES string of the molecule is CC/C=C\C/C=C\C/C=C\CCCCCCCCCC(=O)OC(COC(=O)CCCCCCCCCCCCCCCCC/C=C\CCCCCCCCCC)COP(=O)(O)OCCN. The third-order valence-electron chi connectivity index (χ3n) is 11.7. The number of hydrogen-bond donors (Lipinski definition) is 2. The highest BCUT2D eigenvalue weighted by molar-refractivity contribution is 7.47. The summed E-state index contributed by atoms with van der Waals surface area (Å²) in [5, 5.41) is 0. The van der Waals surface area contributed by atoms with Gasteiger partial charge >= 0.3 is 19.8 Å². The molecule has 3 N–H and O–H groups in total. The van der Waals surface area contributed by atoms with Crippen LogP contribution in [0, 0.1) is 0 Å². The van der Waals surface area contributed by atoms with Crippen molar-refractivity contribution in [3.8, 4) is 0 Å². The van der Waals surface area contributed by atoms with E-state index >= 15 is 0 Å². The van der Waals surface area contributed by atoms with E-state index in [1.54, 1.807) is 0 Å². The number of carbonyl (C=O) groups excluding carboxylic acids is 2. The smallest absolute Gasteiger partial charge is 0.462 e. The first kappa shape index (κ1) is 63.0. The fourth-order valence-electron chi connectivity index (χ4n) is 7.71. The topological polar surface area (TPSA) is 134 Å². The first-order valence-electron chi connectivity index (χ1n) is 27.1. The monoisotopic (exact) mass is 936 g/mol. The van der Waals surface area contributed by atoms with Crippen LogP contribution in [0.1, 0.15) is 258 Å². The molecule has 0 aromatic rings. The van der Waals surface area contributed by atoms with E-state index in [0.717, 1.165) is 64.2 Å². The van der Waals surface area contributed by atoms with Gasteiger partial charge in [-0.2, -0.15) is 0 Å². The molecule has 0 amide bonds. The van der Waals surface area contributed by atoms with Crippen LogP contribution in [0.5, 0.6) is 0 Å². The molecule has 0 bridgehead atoms. The number of nitrogens with two attached hydrogens (primary N) is 1. The number of esters is 2. The zero-order valence-electron chi connectivity index (χ0n) is 42.2. The van der Waals surface area contributed by atoms with Gasteiger partial charge in [0.1, 0.15) is 6.61 Å². The Morgan fingerprint density at radius 1 is 0.477 bits per heavy atom. The first-order chi connectivity index (χ1) is 31.8. The van der Waals surface area contributed by atoms with Crippen molar-refractivity contribution in [2.75, 3.05) is 26.4 Å². The zero-order chi connectivity index (χ0) is 47.4. The van der Waals surface area contributed by atoms with Crippen molar-refractivity contribution in [2.24, 2.45) is 5.73 Å². The van der Waals surface area contributed by atoms with Crippen molar-refractivity contribution in [1.82, 2.24) is 0 Å². The molecule has 0 heterocycles. The lowest BCUT2D eigenvalue weighted by atomic mass is 10.0. The predicted octanol–water partition coefficient (Wildman–Crippen LogP) is 16.6. The maximum atomic E-state index is 12.6. The molecule has 0 aliphatic heterocycles.